The van der Waals surface area contributed by atoms with E-state index in [4.69, 9.17) is 0 Å². The highest BCUT2D eigenvalue weighted by Gasteiger charge is 2.06. The van der Waals surface area contributed by atoms with Gasteiger partial charge in [0.15, 0.2) is 0 Å². The second-order valence-corrected chi connectivity index (χ2v) is 4.68. The van der Waals surface area contributed by atoms with E-state index < -0.39 is 0 Å². The standard InChI is InChI=1S/C13H11BrFNO/c1-9-5-6-16(12(17)7-9)8-10-3-2-4-11(15)13(10)14/h2-7H,8H2,1H3. The molecule has 0 aliphatic rings. The summed E-state index contributed by atoms with van der Waals surface area (Å²) >= 11 is 3.19. The second-order valence-electron chi connectivity index (χ2n) is 3.88. The summed E-state index contributed by atoms with van der Waals surface area (Å²) in [5, 5.41) is 0. The first-order valence-corrected chi connectivity index (χ1v) is 5.97. The number of nitrogens with zero attached hydrogens (tertiary/aromatic N) is 1. The molecular formula is C13H11BrFNO. The Bertz CT molecular complexity index is 607. The first-order valence-electron chi connectivity index (χ1n) is 5.18. The molecule has 0 aliphatic carbocycles. The molecule has 2 aromatic rings. The Balaban J connectivity index is 2.38. The van der Waals surface area contributed by atoms with Crippen LogP contribution in [0.5, 0.6) is 0 Å². The highest BCUT2D eigenvalue weighted by atomic mass is 79.9. The number of benzene rings is 1. The van der Waals surface area contributed by atoms with Gasteiger partial charge < -0.3 is 4.57 Å². The van der Waals surface area contributed by atoms with Crippen LogP contribution in [-0.2, 0) is 6.54 Å². The maximum absolute atomic E-state index is 13.3. The van der Waals surface area contributed by atoms with Gasteiger partial charge in [0.25, 0.3) is 5.56 Å². The maximum Gasteiger partial charge on any atom is 0.251 e. The fraction of sp³-hybridized carbons (Fsp3) is 0.154. The molecule has 1 heterocycles. The van der Waals surface area contributed by atoms with Gasteiger partial charge >= 0.3 is 0 Å². The number of rotatable bonds is 2. The molecule has 1 aromatic carbocycles. The van der Waals surface area contributed by atoms with Gasteiger partial charge in [-0.05, 0) is 46.1 Å². The van der Waals surface area contributed by atoms with Crippen LogP contribution < -0.4 is 5.56 Å². The number of hydrogen-bond donors (Lipinski definition) is 0. The molecule has 0 radical (unpaired) electrons. The summed E-state index contributed by atoms with van der Waals surface area (Å²) in [6.45, 7) is 2.22. The minimum atomic E-state index is -0.317. The SMILES string of the molecule is Cc1ccn(Cc2cccc(F)c2Br)c(=O)c1. The minimum absolute atomic E-state index is 0.0823. The quantitative estimate of drug-likeness (QED) is 0.834. The molecule has 2 rings (SSSR count). The van der Waals surface area contributed by atoms with Gasteiger partial charge in [-0.3, -0.25) is 4.79 Å². The average molecular weight is 296 g/mol. The van der Waals surface area contributed by atoms with E-state index in [0.29, 0.717) is 11.0 Å². The largest absolute Gasteiger partial charge is 0.311 e. The number of aromatic nitrogens is 1. The van der Waals surface area contributed by atoms with E-state index in [1.807, 2.05) is 13.0 Å². The predicted octanol–water partition coefficient (Wildman–Crippen LogP) is 3.11. The van der Waals surface area contributed by atoms with Crippen LogP contribution >= 0.6 is 15.9 Å². The number of halogens is 2. The smallest absolute Gasteiger partial charge is 0.251 e. The van der Waals surface area contributed by atoms with Crippen molar-refractivity contribution in [1.29, 1.82) is 0 Å². The van der Waals surface area contributed by atoms with Crippen molar-refractivity contribution in [2.24, 2.45) is 0 Å². The Labute approximate surface area is 107 Å². The summed E-state index contributed by atoms with van der Waals surface area (Å²) in [5.41, 5.74) is 1.58. The number of hydrogen-bond acceptors (Lipinski definition) is 1. The van der Waals surface area contributed by atoms with Gasteiger partial charge in [-0.25, -0.2) is 4.39 Å². The third kappa shape index (κ3) is 2.64. The third-order valence-electron chi connectivity index (χ3n) is 2.52. The predicted molar refractivity (Wildman–Crippen MR) is 68.6 cm³/mol. The van der Waals surface area contributed by atoms with Gasteiger partial charge in [0.1, 0.15) is 5.82 Å². The normalized spacial score (nSPS) is 10.5. The highest BCUT2D eigenvalue weighted by Crippen LogP contribution is 2.20. The molecule has 17 heavy (non-hydrogen) atoms. The van der Waals surface area contributed by atoms with Crippen LogP contribution in [0.25, 0.3) is 0 Å². The van der Waals surface area contributed by atoms with Crippen molar-refractivity contribution in [2.45, 2.75) is 13.5 Å². The lowest BCUT2D eigenvalue weighted by Gasteiger charge is -2.08. The number of aryl methyl sites for hydroxylation is 1. The molecule has 0 aliphatic heterocycles. The summed E-state index contributed by atoms with van der Waals surface area (Å²) in [6.07, 6.45) is 1.72. The molecule has 0 fully saturated rings. The van der Waals surface area contributed by atoms with Crippen LogP contribution in [0.2, 0.25) is 0 Å². The van der Waals surface area contributed by atoms with Gasteiger partial charge in [0.2, 0.25) is 0 Å². The fourth-order valence-electron chi connectivity index (χ4n) is 1.59. The molecule has 0 bridgehead atoms. The zero-order valence-electron chi connectivity index (χ0n) is 9.28. The van der Waals surface area contributed by atoms with Gasteiger partial charge in [-0.15, -0.1) is 0 Å². The Kier molecular flexibility index (Phi) is 3.43. The zero-order valence-corrected chi connectivity index (χ0v) is 10.9. The van der Waals surface area contributed by atoms with Crippen molar-refractivity contribution in [3.8, 4) is 0 Å². The molecule has 0 atom stereocenters. The molecule has 4 heteroatoms. The van der Waals surface area contributed by atoms with Crippen molar-refractivity contribution in [2.75, 3.05) is 0 Å². The van der Waals surface area contributed by atoms with Crippen molar-refractivity contribution < 1.29 is 4.39 Å². The molecule has 0 saturated heterocycles. The first-order chi connectivity index (χ1) is 8.08. The van der Waals surface area contributed by atoms with Gasteiger partial charge in [-0.2, -0.15) is 0 Å². The van der Waals surface area contributed by atoms with Crippen molar-refractivity contribution in [3.05, 3.63) is 68.3 Å². The van der Waals surface area contributed by atoms with E-state index in [2.05, 4.69) is 15.9 Å². The summed E-state index contributed by atoms with van der Waals surface area (Å²) < 4.78 is 15.3. The average Bonchev–Trinajstić information content (AvgIpc) is 2.28. The molecular weight excluding hydrogens is 285 g/mol. The van der Waals surface area contributed by atoms with E-state index in [0.717, 1.165) is 11.1 Å². The molecule has 2 nitrogen and oxygen atoms in total. The Morgan fingerprint density at radius 1 is 1.35 bits per heavy atom. The Morgan fingerprint density at radius 2 is 2.12 bits per heavy atom. The topological polar surface area (TPSA) is 22.0 Å². The van der Waals surface area contributed by atoms with E-state index in [1.54, 1.807) is 29.0 Å². The lowest BCUT2D eigenvalue weighted by atomic mass is 10.2. The number of pyridine rings is 1. The van der Waals surface area contributed by atoms with E-state index in [9.17, 15) is 9.18 Å². The lowest BCUT2D eigenvalue weighted by Crippen LogP contribution is -2.19. The van der Waals surface area contributed by atoms with Crippen LogP contribution in [0.3, 0.4) is 0 Å². The minimum Gasteiger partial charge on any atom is -0.311 e. The molecule has 88 valence electrons. The molecule has 0 unspecified atom stereocenters. The van der Waals surface area contributed by atoms with Crippen LogP contribution in [0, 0.1) is 12.7 Å². The summed E-state index contributed by atoms with van der Waals surface area (Å²) in [4.78, 5) is 11.7. The van der Waals surface area contributed by atoms with Crippen LogP contribution in [0.1, 0.15) is 11.1 Å². The Hall–Kier alpha value is -1.42. The maximum atomic E-state index is 13.3. The molecule has 0 amide bonds. The van der Waals surface area contributed by atoms with Crippen molar-refractivity contribution in [3.63, 3.8) is 0 Å². The molecule has 0 spiro atoms. The van der Waals surface area contributed by atoms with Gasteiger partial charge in [0.05, 0.1) is 11.0 Å². The van der Waals surface area contributed by atoms with E-state index in [-0.39, 0.29) is 11.4 Å². The van der Waals surface area contributed by atoms with Gasteiger partial charge in [0, 0.05) is 12.3 Å². The zero-order chi connectivity index (χ0) is 12.4. The van der Waals surface area contributed by atoms with E-state index in [1.165, 1.54) is 6.07 Å². The Morgan fingerprint density at radius 3 is 2.82 bits per heavy atom. The van der Waals surface area contributed by atoms with Crippen molar-refractivity contribution in [1.82, 2.24) is 4.57 Å². The molecule has 1 aromatic heterocycles. The second kappa shape index (κ2) is 4.84. The summed E-state index contributed by atoms with van der Waals surface area (Å²) in [5.74, 6) is -0.317. The summed E-state index contributed by atoms with van der Waals surface area (Å²) in [6, 6.07) is 8.22. The molecule has 0 saturated carbocycles. The fourth-order valence-corrected chi connectivity index (χ4v) is 1.98. The lowest BCUT2D eigenvalue weighted by molar-refractivity contribution is 0.615. The van der Waals surface area contributed by atoms with Crippen molar-refractivity contribution >= 4 is 15.9 Å². The van der Waals surface area contributed by atoms with Crippen LogP contribution in [-0.4, -0.2) is 4.57 Å². The molecule has 0 N–H and O–H groups in total. The van der Waals surface area contributed by atoms with Gasteiger partial charge in [-0.1, -0.05) is 12.1 Å². The first kappa shape index (κ1) is 12.0. The van der Waals surface area contributed by atoms with Crippen LogP contribution in [0.4, 0.5) is 4.39 Å². The van der Waals surface area contributed by atoms with Crippen LogP contribution in [0.15, 0.2) is 45.8 Å². The third-order valence-corrected chi connectivity index (χ3v) is 3.41. The highest BCUT2D eigenvalue weighted by molar-refractivity contribution is 9.10. The van der Waals surface area contributed by atoms with E-state index >= 15 is 0 Å². The monoisotopic (exact) mass is 295 g/mol. The summed E-state index contributed by atoms with van der Waals surface area (Å²) in [7, 11) is 0.